The minimum absolute atomic E-state index is 0. The van der Waals surface area contributed by atoms with E-state index in [2.05, 4.69) is 23.5 Å². The zero-order valence-electron chi connectivity index (χ0n) is 9.24. The molecule has 1 saturated heterocycles. The minimum atomic E-state index is -0.259. The smallest absolute Gasteiger partial charge is 0.0668 e. The van der Waals surface area contributed by atoms with Crippen LogP contribution in [0.4, 0.5) is 0 Å². The SMILES string of the molecule is Cl.NC1(c2cccc3cccc(Cl)c23)CNC1. The highest BCUT2D eigenvalue weighted by atomic mass is 35.5. The summed E-state index contributed by atoms with van der Waals surface area (Å²) < 4.78 is 0. The summed E-state index contributed by atoms with van der Waals surface area (Å²) in [7, 11) is 0. The minimum Gasteiger partial charge on any atom is -0.319 e. The molecule has 2 aromatic carbocycles. The number of halogens is 2. The van der Waals surface area contributed by atoms with Gasteiger partial charge in [0.05, 0.1) is 5.54 Å². The van der Waals surface area contributed by atoms with Crippen LogP contribution >= 0.6 is 24.0 Å². The normalized spacial score (nSPS) is 17.3. The molecule has 0 radical (unpaired) electrons. The first-order valence-electron chi connectivity index (χ1n) is 5.38. The molecule has 3 rings (SSSR count). The Bertz CT molecular complexity index is 545. The fourth-order valence-electron chi connectivity index (χ4n) is 2.29. The van der Waals surface area contributed by atoms with Crippen LogP contribution in [0.2, 0.25) is 5.02 Å². The molecule has 1 fully saturated rings. The molecule has 17 heavy (non-hydrogen) atoms. The summed E-state index contributed by atoms with van der Waals surface area (Å²) >= 11 is 6.27. The number of hydrogen-bond acceptors (Lipinski definition) is 2. The number of fused-ring (bicyclic) bond motifs is 1. The highest BCUT2D eigenvalue weighted by Crippen LogP contribution is 2.33. The molecular formula is C13H14Cl2N2. The van der Waals surface area contributed by atoms with E-state index >= 15 is 0 Å². The van der Waals surface area contributed by atoms with Gasteiger partial charge in [0.2, 0.25) is 0 Å². The summed E-state index contributed by atoms with van der Waals surface area (Å²) in [5.41, 5.74) is 7.23. The Kier molecular flexibility index (Phi) is 3.32. The molecule has 2 nitrogen and oxygen atoms in total. The van der Waals surface area contributed by atoms with E-state index in [0.29, 0.717) is 0 Å². The maximum absolute atomic E-state index is 6.34. The van der Waals surface area contributed by atoms with Crippen LogP contribution in [0.3, 0.4) is 0 Å². The molecule has 0 aromatic heterocycles. The van der Waals surface area contributed by atoms with Gasteiger partial charge in [0, 0.05) is 23.5 Å². The van der Waals surface area contributed by atoms with Gasteiger partial charge in [0.25, 0.3) is 0 Å². The van der Waals surface area contributed by atoms with Gasteiger partial charge in [-0.3, -0.25) is 0 Å². The zero-order valence-corrected chi connectivity index (χ0v) is 10.8. The molecule has 1 aliphatic rings. The quantitative estimate of drug-likeness (QED) is 0.835. The first-order valence-corrected chi connectivity index (χ1v) is 5.76. The molecule has 90 valence electrons. The topological polar surface area (TPSA) is 38.0 Å². The number of hydrogen-bond donors (Lipinski definition) is 2. The largest absolute Gasteiger partial charge is 0.319 e. The lowest BCUT2D eigenvalue weighted by Gasteiger charge is -2.40. The molecule has 0 aliphatic carbocycles. The molecule has 0 amide bonds. The third kappa shape index (κ3) is 1.91. The monoisotopic (exact) mass is 268 g/mol. The van der Waals surface area contributed by atoms with E-state index in [-0.39, 0.29) is 17.9 Å². The molecule has 1 aliphatic heterocycles. The number of benzene rings is 2. The second-order valence-corrected chi connectivity index (χ2v) is 4.81. The van der Waals surface area contributed by atoms with E-state index in [9.17, 15) is 0 Å². The maximum atomic E-state index is 6.34. The van der Waals surface area contributed by atoms with Gasteiger partial charge < -0.3 is 11.1 Å². The lowest BCUT2D eigenvalue weighted by molar-refractivity contribution is 0.289. The Morgan fingerprint density at radius 1 is 1.12 bits per heavy atom. The molecule has 2 aromatic rings. The van der Waals surface area contributed by atoms with E-state index < -0.39 is 0 Å². The maximum Gasteiger partial charge on any atom is 0.0668 e. The second kappa shape index (κ2) is 4.46. The van der Waals surface area contributed by atoms with Crippen LogP contribution in [0, 0.1) is 0 Å². The average molecular weight is 269 g/mol. The van der Waals surface area contributed by atoms with Crippen LogP contribution < -0.4 is 11.1 Å². The third-order valence-corrected chi connectivity index (χ3v) is 3.59. The predicted octanol–water partition coefficient (Wildman–Crippen LogP) is 2.67. The van der Waals surface area contributed by atoms with E-state index in [0.717, 1.165) is 34.4 Å². The van der Waals surface area contributed by atoms with E-state index in [4.69, 9.17) is 17.3 Å². The van der Waals surface area contributed by atoms with Crippen molar-refractivity contribution in [2.24, 2.45) is 5.73 Å². The molecule has 3 N–H and O–H groups in total. The lowest BCUT2D eigenvalue weighted by atomic mass is 9.82. The van der Waals surface area contributed by atoms with Crippen molar-refractivity contribution in [2.75, 3.05) is 13.1 Å². The lowest BCUT2D eigenvalue weighted by Crippen LogP contribution is -2.62. The number of nitrogens with one attached hydrogen (secondary N) is 1. The first kappa shape index (κ1) is 12.7. The summed E-state index contributed by atoms with van der Waals surface area (Å²) in [6, 6.07) is 12.1. The van der Waals surface area contributed by atoms with Crippen molar-refractivity contribution in [1.82, 2.24) is 5.32 Å². The molecule has 0 bridgehead atoms. The number of rotatable bonds is 1. The summed E-state index contributed by atoms with van der Waals surface area (Å²) in [5.74, 6) is 0. The molecule has 0 atom stereocenters. The summed E-state index contributed by atoms with van der Waals surface area (Å²) in [4.78, 5) is 0. The summed E-state index contributed by atoms with van der Waals surface area (Å²) in [5, 5.41) is 6.25. The average Bonchev–Trinajstić information content (AvgIpc) is 2.26. The van der Waals surface area contributed by atoms with Crippen LogP contribution in [0.15, 0.2) is 36.4 Å². The van der Waals surface area contributed by atoms with Gasteiger partial charge in [0.15, 0.2) is 0 Å². The van der Waals surface area contributed by atoms with Gasteiger partial charge in [-0.1, -0.05) is 41.9 Å². The van der Waals surface area contributed by atoms with Gasteiger partial charge in [-0.25, -0.2) is 0 Å². The Morgan fingerprint density at radius 2 is 1.76 bits per heavy atom. The molecule has 0 spiro atoms. The van der Waals surface area contributed by atoms with Crippen LogP contribution in [0.25, 0.3) is 10.8 Å². The van der Waals surface area contributed by atoms with Gasteiger partial charge in [-0.2, -0.15) is 0 Å². The summed E-state index contributed by atoms with van der Waals surface area (Å²) in [6.45, 7) is 1.63. The highest BCUT2D eigenvalue weighted by molar-refractivity contribution is 6.35. The van der Waals surface area contributed by atoms with E-state index in [1.54, 1.807) is 0 Å². The Balaban J connectivity index is 0.00000108. The number of nitrogens with two attached hydrogens (primary N) is 1. The third-order valence-electron chi connectivity index (χ3n) is 3.27. The molecule has 0 unspecified atom stereocenters. The van der Waals surface area contributed by atoms with Crippen molar-refractivity contribution in [1.29, 1.82) is 0 Å². The predicted molar refractivity (Wildman–Crippen MR) is 74.9 cm³/mol. The van der Waals surface area contributed by atoms with Crippen molar-refractivity contribution >= 4 is 34.8 Å². The fourth-order valence-corrected chi connectivity index (χ4v) is 2.58. The Hall–Kier alpha value is -0.800. The second-order valence-electron chi connectivity index (χ2n) is 4.40. The van der Waals surface area contributed by atoms with Crippen molar-refractivity contribution in [3.63, 3.8) is 0 Å². The van der Waals surface area contributed by atoms with Crippen LogP contribution in [-0.4, -0.2) is 13.1 Å². The van der Waals surface area contributed by atoms with Crippen LogP contribution in [0.1, 0.15) is 5.56 Å². The standard InChI is InChI=1S/C13H13ClN2.ClH/c14-11-6-2-4-9-3-1-5-10(12(9)11)13(15)7-16-8-13;/h1-6,16H,7-8,15H2;1H. The summed E-state index contributed by atoms with van der Waals surface area (Å²) in [6.07, 6.45) is 0. The van der Waals surface area contributed by atoms with Gasteiger partial charge in [0.1, 0.15) is 0 Å². The van der Waals surface area contributed by atoms with Crippen molar-refractivity contribution in [3.05, 3.63) is 47.0 Å². The van der Waals surface area contributed by atoms with Gasteiger partial charge in [-0.05, 0) is 17.0 Å². The highest BCUT2D eigenvalue weighted by Gasteiger charge is 2.35. The molecule has 0 saturated carbocycles. The van der Waals surface area contributed by atoms with Crippen LogP contribution in [0.5, 0.6) is 0 Å². The van der Waals surface area contributed by atoms with E-state index in [1.807, 2.05) is 18.2 Å². The van der Waals surface area contributed by atoms with E-state index in [1.165, 1.54) is 0 Å². The van der Waals surface area contributed by atoms with Crippen LogP contribution in [-0.2, 0) is 5.54 Å². The van der Waals surface area contributed by atoms with Crippen molar-refractivity contribution in [2.45, 2.75) is 5.54 Å². The van der Waals surface area contributed by atoms with Crippen molar-refractivity contribution < 1.29 is 0 Å². The fraction of sp³-hybridized carbons (Fsp3) is 0.231. The molecular weight excluding hydrogens is 255 g/mol. The molecule has 4 heteroatoms. The first-order chi connectivity index (χ1) is 7.71. The Labute approximate surface area is 112 Å². The molecule has 1 heterocycles. The van der Waals surface area contributed by atoms with Gasteiger partial charge >= 0.3 is 0 Å². The van der Waals surface area contributed by atoms with Gasteiger partial charge in [-0.15, -0.1) is 12.4 Å². The Morgan fingerprint density at radius 3 is 2.35 bits per heavy atom. The zero-order chi connectivity index (χ0) is 11.2. The van der Waals surface area contributed by atoms with Crippen molar-refractivity contribution in [3.8, 4) is 0 Å².